The number of imidazole rings is 1. The summed E-state index contributed by atoms with van der Waals surface area (Å²) in [5.74, 6) is 1.82. The van der Waals surface area contributed by atoms with Crippen LogP contribution in [-0.2, 0) is 20.0 Å². The fourth-order valence-corrected chi connectivity index (χ4v) is 4.69. The van der Waals surface area contributed by atoms with Gasteiger partial charge in [0.25, 0.3) is 0 Å². The standard InChI is InChI=1S/C22H29N3O3S2/c1-17-20(16-30-22-24-18-6-3-4-7-19(18)25-22)23-9-8-21(17)29-15-5-10-27-13-14-28-12-11-26-2/h3-4,6-9H,5,10-16H2,1-2H3,(H,24,25). The number of H-pyrrole nitrogens is 1. The van der Waals surface area contributed by atoms with Gasteiger partial charge >= 0.3 is 0 Å². The Morgan fingerprint density at radius 2 is 1.77 bits per heavy atom. The maximum absolute atomic E-state index is 5.61. The molecule has 0 radical (unpaired) electrons. The van der Waals surface area contributed by atoms with Crippen LogP contribution in [-0.4, -0.2) is 60.8 Å². The lowest BCUT2D eigenvalue weighted by Crippen LogP contribution is -2.09. The molecule has 0 saturated carbocycles. The number of methoxy groups -OCH3 is 1. The number of aromatic amines is 1. The zero-order chi connectivity index (χ0) is 21.0. The molecule has 2 aromatic heterocycles. The zero-order valence-electron chi connectivity index (χ0n) is 17.6. The van der Waals surface area contributed by atoms with E-state index >= 15 is 0 Å². The van der Waals surface area contributed by atoms with E-state index in [1.807, 2.05) is 42.2 Å². The molecule has 0 bridgehead atoms. The van der Waals surface area contributed by atoms with Crippen LogP contribution >= 0.6 is 23.5 Å². The minimum atomic E-state index is 0.617. The average Bonchev–Trinajstić information content (AvgIpc) is 3.18. The number of benzene rings is 1. The van der Waals surface area contributed by atoms with Gasteiger partial charge in [0.05, 0.1) is 43.2 Å². The second kappa shape index (κ2) is 13.0. The van der Waals surface area contributed by atoms with Crippen LogP contribution in [0.3, 0.4) is 0 Å². The second-order valence-electron chi connectivity index (χ2n) is 6.65. The Labute approximate surface area is 186 Å². The van der Waals surface area contributed by atoms with E-state index in [2.05, 4.69) is 27.9 Å². The maximum Gasteiger partial charge on any atom is 0.166 e. The van der Waals surface area contributed by atoms with Gasteiger partial charge in [-0.05, 0) is 37.1 Å². The molecule has 0 fully saturated rings. The van der Waals surface area contributed by atoms with Crippen molar-refractivity contribution >= 4 is 34.6 Å². The summed E-state index contributed by atoms with van der Waals surface area (Å²) in [5, 5.41) is 0.929. The third-order valence-corrected chi connectivity index (χ3v) is 6.60. The number of para-hydroxylation sites is 2. The molecule has 6 nitrogen and oxygen atoms in total. The first kappa shape index (κ1) is 23.1. The molecule has 2 heterocycles. The van der Waals surface area contributed by atoms with Gasteiger partial charge in [0.1, 0.15) is 0 Å². The van der Waals surface area contributed by atoms with Gasteiger partial charge in [-0.1, -0.05) is 23.9 Å². The molecule has 30 heavy (non-hydrogen) atoms. The lowest BCUT2D eigenvalue weighted by Gasteiger charge is -2.10. The quantitative estimate of drug-likeness (QED) is 0.283. The number of nitrogens with one attached hydrogen (secondary N) is 1. The summed E-state index contributed by atoms with van der Waals surface area (Å²) in [6.07, 6.45) is 2.91. The second-order valence-corrected chi connectivity index (χ2v) is 8.75. The van der Waals surface area contributed by atoms with E-state index in [0.29, 0.717) is 26.4 Å². The molecular weight excluding hydrogens is 418 g/mol. The van der Waals surface area contributed by atoms with E-state index in [9.17, 15) is 0 Å². The van der Waals surface area contributed by atoms with E-state index in [1.54, 1.807) is 18.9 Å². The topological polar surface area (TPSA) is 69.3 Å². The number of aromatic nitrogens is 3. The van der Waals surface area contributed by atoms with Crippen LogP contribution in [0.4, 0.5) is 0 Å². The Bertz CT molecular complexity index is 871. The van der Waals surface area contributed by atoms with Crippen LogP contribution in [0.15, 0.2) is 46.6 Å². The zero-order valence-corrected chi connectivity index (χ0v) is 19.2. The molecule has 1 aromatic carbocycles. The molecule has 0 amide bonds. The monoisotopic (exact) mass is 447 g/mol. The number of pyridine rings is 1. The van der Waals surface area contributed by atoms with Crippen molar-refractivity contribution < 1.29 is 14.2 Å². The third kappa shape index (κ3) is 7.28. The van der Waals surface area contributed by atoms with Gasteiger partial charge < -0.3 is 19.2 Å². The van der Waals surface area contributed by atoms with Crippen molar-refractivity contribution in [2.45, 2.75) is 29.1 Å². The van der Waals surface area contributed by atoms with Gasteiger partial charge in [-0.2, -0.15) is 0 Å². The molecule has 1 N–H and O–H groups in total. The van der Waals surface area contributed by atoms with Gasteiger partial charge in [0.15, 0.2) is 5.16 Å². The number of fused-ring (bicyclic) bond motifs is 1. The van der Waals surface area contributed by atoms with Crippen LogP contribution in [0.2, 0.25) is 0 Å². The minimum Gasteiger partial charge on any atom is -0.382 e. The Balaban J connectivity index is 1.38. The van der Waals surface area contributed by atoms with Crippen molar-refractivity contribution in [2.24, 2.45) is 0 Å². The molecule has 3 rings (SSSR count). The lowest BCUT2D eigenvalue weighted by atomic mass is 10.2. The van der Waals surface area contributed by atoms with Crippen molar-refractivity contribution in [1.29, 1.82) is 0 Å². The molecule has 0 aliphatic heterocycles. The highest BCUT2D eigenvalue weighted by Crippen LogP contribution is 2.28. The van der Waals surface area contributed by atoms with E-state index in [0.717, 1.165) is 46.4 Å². The predicted molar refractivity (Wildman–Crippen MR) is 123 cm³/mol. The van der Waals surface area contributed by atoms with Crippen LogP contribution < -0.4 is 0 Å². The van der Waals surface area contributed by atoms with Gasteiger partial charge in [0, 0.05) is 36.3 Å². The molecule has 0 unspecified atom stereocenters. The van der Waals surface area contributed by atoms with Gasteiger partial charge in [-0.25, -0.2) is 4.98 Å². The van der Waals surface area contributed by atoms with Crippen molar-refractivity contribution in [3.05, 3.63) is 47.8 Å². The highest BCUT2D eigenvalue weighted by atomic mass is 32.2. The third-order valence-electron chi connectivity index (χ3n) is 4.47. The van der Waals surface area contributed by atoms with Crippen molar-refractivity contribution in [3.63, 3.8) is 0 Å². The van der Waals surface area contributed by atoms with Crippen molar-refractivity contribution in [2.75, 3.05) is 45.9 Å². The van der Waals surface area contributed by atoms with Crippen molar-refractivity contribution in [3.8, 4) is 0 Å². The van der Waals surface area contributed by atoms with Gasteiger partial charge in [-0.3, -0.25) is 4.98 Å². The molecule has 3 aromatic rings. The fourth-order valence-electron chi connectivity index (χ4n) is 2.80. The van der Waals surface area contributed by atoms with Gasteiger partial charge in [-0.15, -0.1) is 11.8 Å². The lowest BCUT2D eigenvalue weighted by molar-refractivity contribution is 0.0252. The highest BCUT2D eigenvalue weighted by molar-refractivity contribution is 7.99. The number of hydrogen-bond donors (Lipinski definition) is 1. The summed E-state index contributed by atoms with van der Waals surface area (Å²) in [5.41, 5.74) is 4.42. The largest absolute Gasteiger partial charge is 0.382 e. The first-order valence-corrected chi connectivity index (χ1v) is 12.0. The van der Waals surface area contributed by atoms with Crippen LogP contribution in [0, 0.1) is 6.92 Å². The fraction of sp³-hybridized carbons (Fsp3) is 0.455. The predicted octanol–water partition coefficient (Wildman–Crippen LogP) is 4.72. The van der Waals surface area contributed by atoms with Gasteiger partial charge in [0.2, 0.25) is 0 Å². The smallest absolute Gasteiger partial charge is 0.166 e. The summed E-state index contributed by atoms with van der Waals surface area (Å²) < 4.78 is 15.9. The molecule has 0 saturated heterocycles. The highest BCUT2D eigenvalue weighted by Gasteiger charge is 2.09. The van der Waals surface area contributed by atoms with E-state index in [-0.39, 0.29) is 0 Å². The van der Waals surface area contributed by atoms with Crippen LogP contribution in [0.25, 0.3) is 11.0 Å². The van der Waals surface area contributed by atoms with E-state index in [1.165, 1.54) is 10.5 Å². The first-order chi connectivity index (χ1) is 14.8. The number of rotatable bonds is 14. The Hall–Kier alpha value is -1.58. The Kier molecular flexibility index (Phi) is 9.98. The van der Waals surface area contributed by atoms with Crippen LogP contribution in [0.5, 0.6) is 0 Å². The molecule has 0 atom stereocenters. The molecule has 0 spiro atoms. The number of thioether (sulfide) groups is 2. The van der Waals surface area contributed by atoms with E-state index < -0.39 is 0 Å². The molecular formula is C22H29N3O3S2. The number of ether oxygens (including phenoxy) is 3. The van der Waals surface area contributed by atoms with Crippen LogP contribution in [0.1, 0.15) is 17.7 Å². The summed E-state index contributed by atoms with van der Waals surface area (Å²) in [6.45, 7) is 5.39. The molecule has 0 aliphatic carbocycles. The summed E-state index contributed by atoms with van der Waals surface area (Å²) in [7, 11) is 1.67. The Morgan fingerprint density at radius 1 is 0.967 bits per heavy atom. The van der Waals surface area contributed by atoms with E-state index in [4.69, 9.17) is 14.2 Å². The average molecular weight is 448 g/mol. The number of hydrogen-bond acceptors (Lipinski definition) is 7. The maximum atomic E-state index is 5.61. The molecule has 8 heteroatoms. The normalized spacial score (nSPS) is 11.4. The summed E-state index contributed by atoms with van der Waals surface area (Å²) in [6, 6.07) is 10.2. The summed E-state index contributed by atoms with van der Waals surface area (Å²) >= 11 is 3.55. The summed E-state index contributed by atoms with van der Waals surface area (Å²) in [4.78, 5) is 13.9. The first-order valence-electron chi connectivity index (χ1n) is 10.1. The SMILES string of the molecule is COCCOCCOCCCSc1ccnc(CSc2nc3ccccc3[nH]2)c1C. The minimum absolute atomic E-state index is 0.617. The molecule has 0 aliphatic rings. The molecule has 162 valence electrons. The Morgan fingerprint density at radius 3 is 2.60 bits per heavy atom. The number of nitrogens with zero attached hydrogens (tertiary/aromatic N) is 2. The van der Waals surface area contributed by atoms with Crippen molar-refractivity contribution in [1.82, 2.24) is 15.0 Å².